The molecule has 0 bridgehead atoms. The van der Waals surface area contributed by atoms with Crippen LogP contribution in [0.1, 0.15) is 30.3 Å². The zero-order valence-corrected chi connectivity index (χ0v) is 17.7. The zero-order valence-electron chi connectivity index (χ0n) is 16.9. The quantitative estimate of drug-likeness (QED) is 0.407. The number of aliphatic hydroxyl groups excluding tert-OH is 1. The van der Waals surface area contributed by atoms with Gasteiger partial charge < -0.3 is 19.6 Å². The van der Waals surface area contributed by atoms with E-state index in [1.54, 1.807) is 29.2 Å². The van der Waals surface area contributed by atoms with Gasteiger partial charge in [0.25, 0.3) is 11.7 Å². The highest BCUT2D eigenvalue weighted by molar-refractivity contribution is 7.10. The summed E-state index contributed by atoms with van der Waals surface area (Å²) >= 11 is 1.47. The van der Waals surface area contributed by atoms with Crippen molar-refractivity contribution in [2.75, 3.05) is 33.3 Å². The van der Waals surface area contributed by atoms with Gasteiger partial charge in [-0.1, -0.05) is 32.0 Å². The lowest BCUT2D eigenvalue weighted by atomic mass is 10.00. The van der Waals surface area contributed by atoms with Crippen molar-refractivity contribution in [1.29, 1.82) is 0 Å². The van der Waals surface area contributed by atoms with Crippen molar-refractivity contribution in [1.82, 2.24) is 9.80 Å². The van der Waals surface area contributed by atoms with Crippen molar-refractivity contribution < 1.29 is 19.4 Å². The van der Waals surface area contributed by atoms with Gasteiger partial charge in [0.15, 0.2) is 0 Å². The highest BCUT2D eigenvalue weighted by atomic mass is 32.1. The van der Waals surface area contributed by atoms with Crippen molar-refractivity contribution in [3.63, 3.8) is 0 Å². The van der Waals surface area contributed by atoms with Crippen LogP contribution in [-0.4, -0.2) is 59.9 Å². The molecule has 3 rings (SSSR count). The number of hydrogen-bond donors (Lipinski definition) is 1. The number of nitrogens with zero attached hydrogens (tertiary/aromatic N) is 2. The Hall–Kier alpha value is -2.64. The van der Waals surface area contributed by atoms with Gasteiger partial charge in [0.1, 0.15) is 11.5 Å². The molecular formula is C22H26N2O4S. The van der Waals surface area contributed by atoms with Gasteiger partial charge in [-0.25, -0.2) is 0 Å². The SMILES string of the molecule is CCN(CC)CCN1C(=O)C(=O)C(=C(O)c2cccc(OC)c2)[C@@H]1c1cccs1. The third-order valence-electron chi connectivity index (χ3n) is 5.25. The maximum atomic E-state index is 12.9. The number of carbonyl (C=O) groups excluding carboxylic acids is 2. The van der Waals surface area contributed by atoms with E-state index in [0.717, 1.165) is 18.0 Å². The third-order valence-corrected chi connectivity index (χ3v) is 6.17. The standard InChI is InChI=1S/C22H26N2O4S/c1-4-23(5-2)11-12-24-19(17-10-7-13-29-17)18(21(26)22(24)27)20(25)15-8-6-9-16(14-15)28-3/h6-10,13-14,19,25H,4-5,11-12H2,1-3H3/t19-/m0/s1. The van der Waals surface area contributed by atoms with Crippen molar-refractivity contribution in [2.45, 2.75) is 19.9 Å². The van der Waals surface area contributed by atoms with E-state index in [4.69, 9.17) is 4.74 Å². The van der Waals surface area contributed by atoms with Crippen LogP contribution in [0.3, 0.4) is 0 Å². The highest BCUT2D eigenvalue weighted by Gasteiger charge is 2.46. The first kappa shape index (κ1) is 21.1. The maximum absolute atomic E-state index is 12.9. The number of methoxy groups -OCH3 is 1. The van der Waals surface area contributed by atoms with Crippen LogP contribution in [0.4, 0.5) is 0 Å². The number of thiophene rings is 1. The molecule has 1 aromatic carbocycles. The van der Waals surface area contributed by atoms with Gasteiger partial charge in [0.05, 0.1) is 18.7 Å². The van der Waals surface area contributed by atoms with Crippen molar-refractivity contribution in [3.05, 3.63) is 57.8 Å². The van der Waals surface area contributed by atoms with E-state index in [-0.39, 0.29) is 11.3 Å². The molecule has 1 saturated heterocycles. The van der Waals surface area contributed by atoms with Crippen LogP contribution in [0.25, 0.3) is 5.76 Å². The van der Waals surface area contributed by atoms with Crippen LogP contribution in [0.5, 0.6) is 5.75 Å². The van der Waals surface area contributed by atoms with Gasteiger partial charge >= 0.3 is 0 Å². The Kier molecular flexibility index (Phi) is 6.71. The number of Topliss-reactive ketones (excluding diaryl/α,β-unsaturated/α-hetero) is 1. The lowest BCUT2D eigenvalue weighted by molar-refractivity contribution is -0.140. The lowest BCUT2D eigenvalue weighted by Crippen LogP contribution is -2.37. The molecule has 6 nitrogen and oxygen atoms in total. The molecule has 154 valence electrons. The molecule has 29 heavy (non-hydrogen) atoms. The third kappa shape index (κ3) is 4.21. The summed E-state index contributed by atoms with van der Waals surface area (Å²) in [6, 6.07) is 10.1. The van der Waals surface area contributed by atoms with Crippen LogP contribution in [0.15, 0.2) is 47.4 Å². The number of hydrogen-bond acceptors (Lipinski definition) is 6. The molecule has 0 saturated carbocycles. The number of likely N-dealkylation sites (tertiary alicyclic amines) is 1. The predicted octanol–water partition coefficient (Wildman–Crippen LogP) is 3.52. The minimum Gasteiger partial charge on any atom is -0.507 e. The molecule has 0 spiro atoms. The highest BCUT2D eigenvalue weighted by Crippen LogP contribution is 2.41. The van der Waals surface area contributed by atoms with E-state index in [9.17, 15) is 14.7 Å². The molecule has 2 aromatic rings. The number of ether oxygens (including phenoxy) is 1. The first-order valence-corrected chi connectivity index (χ1v) is 10.6. The lowest BCUT2D eigenvalue weighted by Gasteiger charge is -2.27. The smallest absolute Gasteiger partial charge is 0.295 e. The monoisotopic (exact) mass is 414 g/mol. The molecule has 0 aliphatic carbocycles. The molecule has 1 aliphatic heterocycles. The van der Waals surface area contributed by atoms with Gasteiger partial charge in [-0.05, 0) is 36.7 Å². The molecule has 0 radical (unpaired) electrons. The van der Waals surface area contributed by atoms with Crippen LogP contribution in [-0.2, 0) is 9.59 Å². The van der Waals surface area contributed by atoms with E-state index < -0.39 is 17.7 Å². The Bertz CT molecular complexity index is 903. The molecule has 0 unspecified atom stereocenters. The second kappa shape index (κ2) is 9.24. The number of amides is 1. The Morgan fingerprint density at radius 1 is 1.21 bits per heavy atom. The normalized spacial score (nSPS) is 18.6. The number of carbonyl (C=O) groups is 2. The van der Waals surface area contributed by atoms with E-state index in [2.05, 4.69) is 18.7 Å². The minimum absolute atomic E-state index is 0.130. The fraction of sp³-hybridized carbons (Fsp3) is 0.364. The molecular weight excluding hydrogens is 388 g/mol. The molecule has 1 amide bonds. The number of rotatable bonds is 8. The van der Waals surface area contributed by atoms with Gasteiger partial charge in [0.2, 0.25) is 0 Å². The second-order valence-electron chi connectivity index (χ2n) is 6.77. The fourth-order valence-electron chi connectivity index (χ4n) is 3.57. The van der Waals surface area contributed by atoms with Gasteiger partial charge in [-0.2, -0.15) is 0 Å². The van der Waals surface area contributed by atoms with E-state index in [0.29, 0.717) is 24.4 Å². The Balaban J connectivity index is 2.05. The van der Waals surface area contributed by atoms with E-state index in [1.807, 2.05) is 17.5 Å². The first-order valence-electron chi connectivity index (χ1n) is 9.70. The van der Waals surface area contributed by atoms with Crippen LogP contribution >= 0.6 is 11.3 Å². The molecule has 1 atom stereocenters. The minimum atomic E-state index is -0.650. The summed E-state index contributed by atoms with van der Waals surface area (Å²) in [6.45, 7) is 6.96. The van der Waals surface area contributed by atoms with Crippen molar-refractivity contribution in [3.8, 4) is 5.75 Å². The molecule has 7 heteroatoms. The maximum Gasteiger partial charge on any atom is 0.295 e. The van der Waals surface area contributed by atoms with Crippen LogP contribution < -0.4 is 4.74 Å². The van der Waals surface area contributed by atoms with Gasteiger partial charge in [-0.15, -0.1) is 11.3 Å². The average Bonchev–Trinajstić information content (AvgIpc) is 3.36. The van der Waals surface area contributed by atoms with Crippen molar-refractivity contribution in [2.24, 2.45) is 0 Å². The topological polar surface area (TPSA) is 70.1 Å². The largest absolute Gasteiger partial charge is 0.507 e. The summed E-state index contributed by atoms with van der Waals surface area (Å²) in [4.78, 5) is 30.4. The van der Waals surface area contributed by atoms with Gasteiger partial charge in [-0.3, -0.25) is 9.59 Å². The molecule has 1 aromatic heterocycles. The number of ketones is 1. The molecule has 2 heterocycles. The Morgan fingerprint density at radius 2 is 1.97 bits per heavy atom. The summed E-state index contributed by atoms with van der Waals surface area (Å²) < 4.78 is 5.23. The second-order valence-corrected chi connectivity index (χ2v) is 7.75. The zero-order chi connectivity index (χ0) is 21.0. The summed E-state index contributed by atoms with van der Waals surface area (Å²) in [5, 5.41) is 12.9. The summed E-state index contributed by atoms with van der Waals surface area (Å²) in [7, 11) is 1.54. The average molecular weight is 415 g/mol. The summed E-state index contributed by atoms with van der Waals surface area (Å²) in [5.74, 6) is -0.827. The van der Waals surface area contributed by atoms with Crippen LogP contribution in [0.2, 0.25) is 0 Å². The fourth-order valence-corrected chi connectivity index (χ4v) is 4.41. The summed E-state index contributed by atoms with van der Waals surface area (Å²) in [5.41, 5.74) is 0.581. The van der Waals surface area contributed by atoms with E-state index in [1.165, 1.54) is 18.4 Å². The molecule has 1 aliphatic rings. The van der Waals surface area contributed by atoms with Crippen molar-refractivity contribution >= 4 is 28.8 Å². The number of aliphatic hydroxyl groups is 1. The Morgan fingerprint density at radius 3 is 2.59 bits per heavy atom. The van der Waals surface area contributed by atoms with E-state index >= 15 is 0 Å². The molecule has 1 fully saturated rings. The number of likely N-dealkylation sites (N-methyl/N-ethyl adjacent to an activating group) is 1. The Labute approximate surface area is 175 Å². The molecule has 1 N–H and O–H groups in total. The first-order chi connectivity index (χ1) is 14.0. The predicted molar refractivity (Wildman–Crippen MR) is 114 cm³/mol. The summed E-state index contributed by atoms with van der Waals surface area (Å²) in [6.07, 6.45) is 0. The van der Waals surface area contributed by atoms with Gasteiger partial charge in [0, 0.05) is 23.5 Å². The van der Waals surface area contributed by atoms with Crippen LogP contribution in [0, 0.1) is 0 Å². The number of benzene rings is 1.